The first kappa shape index (κ1) is 23.4. The Kier molecular flexibility index (Phi) is 6.09. The topological polar surface area (TPSA) is 86.0 Å². The van der Waals surface area contributed by atoms with E-state index in [9.17, 15) is 27.1 Å². The molecule has 0 saturated carbocycles. The first-order chi connectivity index (χ1) is 14.8. The minimum absolute atomic E-state index is 0.300. The van der Waals surface area contributed by atoms with Crippen LogP contribution in [0.3, 0.4) is 0 Å². The van der Waals surface area contributed by atoms with E-state index in [-0.39, 0.29) is 0 Å². The van der Waals surface area contributed by atoms with Gasteiger partial charge in [0.2, 0.25) is 0 Å². The van der Waals surface area contributed by atoms with E-state index in [4.69, 9.17) is 0 Å². The van der Waals surface area contributed by atoms with Gasteiger partial charge in [-0.05, 0) is 36.4 Å². The molecule has 0 aliphatic carbocycles. The number of tetrazole rings is 1. The van der Waals surface area contributed by atoms with Crippen molar-refractivity contribution in [3.63, 3.8) is 0 Å². The van der Waals surface area contributed by atoms with Gasteiger partial charge in [-0.2, -0.15) is 26.7 Å². The molecule has 2 atom stereocenters. The van der Waals surface area contributed by atoms with E-state index in [0.29, 0.717) is 42.2 Å². The third kappa shape index (κ3) is 4.49. The Morgan fingerprint density at radius 2 is 1.81 bits per heavy atom. The van der Waals surface area contributed by atoms with Crippen molar-refractivity contribution in [3.8, 4) is 5.75 Å². The van der Waals surface area contributed by atoms with Crippen LogP contribution in [0, 0.1) is 11.6 Å². The lowest BCUT2D eigenvalue weighted by Crippen LogP contribution is -2.48. The third-order valence-corrected chi connectivity index (χ3v) is 4.49. The lowest BCUT2D eigenvalue weighted by Gasteiger charge is -2.35. The molecule has 1 N–H and O–H groups in total. The summed E-state index contributed by atoms with van der Waals surface area (Å²) >= 11 is 0. The summed E-state index contributed by atoms with van der Waals surface area (Å²) in [4.78, 5) is 3.94. The minimum Gasteiger partial charge on any atom is -0.480 e. The van der Waals surface area contributed by atoms with Crippen LogP contribution in [0.15, 0.2) is 42.9 Å². The van der Waals surface area contributed by atoms with Gasteiger partial charge in [-0.15, -0.1) is 10.2 Å². The molecule has 3 rings (SSSR count). The fraction of sp³-hybridized carbons (Fsp3) is 0.333. The largest absolute Gasteiger partial charge is 0.480 e. The normalized spacial score (nSPS) is 15.3. The first-order valence-electron chi connectivity index (χ1n) is 8.81. The van der Waals surface area contributed by atoms with E-state index in [2.05, 4.69) is 25.1 Å². The highest BCUT2D eigenvalue weighted by Gasteiger charge is 2.58. The summed E-state index contributed by atoms with van der Waals surface area (Å²) in [5.74, 6) is -7.38. The highest BCUT2D eigenvalue weighted by Crippen LogP contribution is 2.46. The zero-order valence-electron chi connectivity index (χ0n) is 16.1. The van der Waals surface area contributed by atoms with Crippen molar-refractivity contribution in [2.24, 2.45) is 0 Å². The Balaban J connectivity index is 2.01. The van der Waals surface area contributed by atoms with Gasteiger partial charge in [-0.1, -0.05) is 0 Å². The van der Waals surface area contributed by atoms with Gasteiger partial charge in [0.05, 0.1) is 6.20 Å². The second kappa shape index (κ2) is 8.33. The van der Waals surface area contributed by atoms with Gasteiger partial charge in [-0.25, -0.2) is 8.78 Å². The molecular formula is C18H14F7N5O2. The molecule has 2 aromatic heterocycles. The molecule has 172 valence electrons. The molecule has 7 nitrogen and oxygen atoms in total. The molecule has 1 aromatic carbocycles. The van der Waals surface area contributed by atoms with Gasteiger partial charge in [0.1, 0.15) is 29.6 Å². The number of benzene rings is 1. The molecule has 0 fully saturated rings. The summed E-state index contributed by atoms with van der Waals surface area (Å²) in [5.41, 5.74) is -5.51. The number of ether oxygens (including phenoxy) is 1. The molecule has 0 aliphatic heterocycles. The molecule has 0 saturated heterocycles. The van der Waals surface area contributed by atoms with E-state index >= 15 is 8.78 Å². The van der Waals surface area contributed by atoms with Gasteiger partial charge < -0.3 is 9.84 Å². The number of aliphatic hydroxyl groups is 1. The Labute approximate surface area is 175 Å². The van der Waals surface area contributed by atoms with Crippen LogP contribution >= 0.6 is 0 Å². The van der Waals surface area contributed by atoms with E-state index in [1.807, 2.05) is 0 Å². The van der Waals surface area contributed by atoms with Crippen molar-refractivity contribution in [3.05, 3.63) is 65.7 Å². The highest BCUT2D eigenvalue weighted by atomic mass is 19.4. The Hall–Kier alpha value is -3.29. The number of aromatic nitrogens is 5. The zero-order valence-corrected chi connectivity index (χ0v) is 16.1. The average molecular weight is 465 g/mol. The van der Waals surface area contributed by atoms with Crippen LogP contribution in [0.25, 0.3) is 0 Å². The summed E-state index contributed by atoms with van der Waals surface area (Å²) in [6.07, 6.45) is -5.46. The molecule has 0 bridgehead atoms. The van der Waals surface area contributed by atoms with E-state index in [1.165, 1.54) is 0 Å². The monoisotopic (exact) mass is 465 g/mol. The fourth-order valence-corrected chi connectivity index (χ4v) is 2.76. The number of halogens is 7. The quantitative estimate of drug-likeness (QED) is 0.539. The molecule has 2 heterocycles. The van der Waals surface area contributed by atoms with E-state index < -0.39 is 59.0 Å². The standard InChI is InChI=1S/C18H14F7N5O2/c1-10(18(23,24)25)32-12-3-5-15(26-7-12)17(21,22)16(31,8-30-28-9-27-29-30)13-4-2-11(19)6-14(13)20/h2-7,9-10,31H,8H2,1H3. The predicted molar refractivity (Wildman–Crippen MR) is 92.3 cm³/mol. The second-order valence-corrected chi connectivity index (χ2v) is 6.71. The van der Waals surface area contributed by atoms with Gasteiger partial charge in [0, 0.05) is 11.6 Å². The molecule has 32 heavy (non-hydrogen) atoms. The molecule has 0 radical (unpaired) electrons. The Morgan fingerprint density at radius 3 is 2.34 bits per heavy atom. The fourth-order valence-electron chi connectivity index (χ4n) is 2.76. The maximum absolute atomic E-state index is 15.5. The molecule has 3 aromatic rings. The number of nitrogens with zero attached hydrogens (tertiary/aromatic N) is 5. The van der Waals surface area contributed by atoms with Crippen molar-refractivity contribution in [2.45, 2.75) is 37.3 Å². The molecule has 0 spiro atoms. The van der Waals surface area contributed by atoms with Crippen LogP contribution in [-0.4, -0.2) is 42.6 Å². The van der Waals surface area contributed by atoms with Crippen LogP contribution < -0.4 is 4.74 Å². The summed E-state index contributed by atoms with van der Waals surface area (Å²) in [5, 5.41) is 21.2. The smallest absolute Gasteiger partial charge is 0.425 e. The number of hydrogen-bond acceptors (Lipinski definition) is 6. The summed E-state index contributed by atoms with van der Waals surface area (Å²) < 4.78 is 101. The molecule has 2 unspecified atom stereocenters. The van der Waals surface area contributed by atoms with Gasteiger partial charge in [-0.3, -0.25) is 4.98 Å². The minimum atomic E-state index is -4.70. The average Bonchev–Trinajstić information content (AvgIpc) is 3.20. The van der Waals surface area contributed by atoms with Crippen molar-refractivity contribution < 1.29 is 40.6 Å². The Morgan fingerprint density at radius 1 is 1.09 bits per heavy atom. The number of alkyl halides is 5. The van der Waals surface area contributed by atoms with Gasteiger partial charge in [0.25, 0.3) is 0 Å². The number of hydrogen-bond donors (Lipinski definition) is 1. The van der Waals surface area contributed by atoms with Crippen LogP contribution in [0.4, 0.5) is 30.7 Å². The predicted octanol–water partition coefficient (Wildman–Crippen LogP) is 3.36. The maximum atomic E-state index is 15.5. The SMILES string of the molecule is CC(Oc1ccc(C(F)(F)C(O)(Cn2ncnn2)c2ccc(F)cc2F)nc1)C(F)(F)F. The van der Waals surface area contributed by atoms with Crippen LogP contribution in [0.1, 0.15) is 18.2 Å². The molecule has 0 aliphatic rings. The first-order valence-corrected chi connectivity index (χ1v) is 8.81. The van der Waals surface area contributed by atoms with Crippen molar-refractivity contribution in [2.75, 3.05) is 0 Å². The van der Waals surface area contributed by atoms with E-state index in [0.717, 1.165) is 12.4 Å². The van der Waals surface area contributed by atoms with Crippen molar-refractivity contribution in [1.29, 1.82) is 0 Å². The van der Waals surface area contributed by atoms with Crippen LogP contribution in [-0.2, 0) is 18.1 Å². The summed E-state index contributed by atoms with van der Waals surface area (Å²) in [6.45, 7) is -0.405. The van der Waals surface area contributed by atoms with Gasteiger partial charge in [0.15, 0.2) is 18.0 Å². The molecule has 14 heteroatoms. The molecular weight excluding hydrogens is 451 g/mol. The summed E-state index contributed by atoms with van der Waals surface area (Å²) in [7, 11) is 0. The third-order valence-electron chi connectivity index (χ3n) is 4.49. The number of pyridine rings is 1. The van der Waals surface area contributed by atoms with Gasteiger partial charge >= 0.3 is 12.1 Å². The lowest BCUT2D eigenvalue weighted by molar-refractivity contribution is -0.209. The maximum Gasteiger partial charge on any atom is 0.425 e. The summed E-state index contributed by atoms with van der Waals surface area (Å²) in [6, 6.07) is 2.98. The van der Waals surface area contributed by atoms with Crippen LogP contribution in [0.2, 0.25) is 0 Å². The second-order valence-electron chi connectivity index (χ2n) is 6.71. The van der Waals surface area contributed by atoms with Crippen molar-refractivity contribution in [1.82, 2.24) is 25.2 Å². The lowest BCUT2D eigenvalue weighted by atomic mass is 9.84. The zero-order chi connectivity index (χ0) is 23.7. The van der Waals surface area contributed by atoms with E-state index in [1.54, 1.807) is 0 Å². The molecule has 0 amide bonds. The number of rotatable bonds is 7. The Bertz CT molecular complexity index is 1060. The van der Waals surface area contributed by atoms with Crippen molar-refractivity contribution >= 4 is 0 Å². The van der Waals surface area contributed by atoms with Crippen LogP contribution in [0.5, 0.6) is 5.75 Å². The highest BCUT2D eigenvalue weighted by molar-refractivity contribution is 5.32.